The molecule has 3 heterocycles. The number of anilines is 1. The zero-order valence-electron chi connectivity index (χ0n) is 14.3. The van der Waals surface area contributed by atoms with Crippen LogP contribution in [0.3, 0.4) is 0 Å². The number of hydrogen-bond donors (Lipinski definition) is 2. The van der Waals surface area contributed by atoms with Gasteiger partial charge in [0.05, 0.1) is 12.2 Å². The molecule has 9 heteroatoms. The zero-order chi connectivity index (χ0) is 18.3. The van der Waals surface area contributed by atoms with Gasteiger partial charge >= 0.3 is 6.03 Å². The molecule has 2 saturated heterocycles. The number of piperidine rings is 1. The summed E-state index contributed by atoms with van der Waals surface area (Å²) < 4.78 is 0. The third kappa shape index (κ3) is 2.97. The van der Waals surface area contributed by atoms with E-state index in [-0.39, 0.29) is 11.9 Å². The van der Waals surface area contributed by atoms with Crippen molar-refractivity contribution in [1.29, 1.82) is 0 Å². The largest absolute Gasteiger partial charge is 0.344 e. The number of amides is 3. The molecule has 3 aliphatic heterocycles. The molecule has 2 bridgehead atoms. The van der Waals surface area contributed by atoms with E-state index >= 15 is 0 Å². The van der Waals surface area contributed by atoms with Crippen molar-refractivity contribution in [3.05, 3.63) is 29.3 Å². The Hall–Kier alpha value is -2.39. The van der Waals surface area contributed by atoms with Crippen LogP contribution in [-0.4, -0.2) is 70.7 Å². The maximum Gasteiger partial charge on any atom is 0.344 e. The number of benzene rings is 1. The summed E-state index contributed by atoms with van der Waals surface area (Å²) in [5.41, 5.74) is 3.00. The highest BCUT2D eigenvalue weighted by Crippen LogP contribution is 2.29. The van der Waals surface area contributed by atoms with Crippen LogP contribution < -0.4 is 5.32 Å². The van der Waals surface area contributed by atoms with Gasteiger partial charge in [-0.05, 0) is 49.1 Å². The normalized spacial score (nSPS) is 25.0. The summed E-state index contributed by atoms with van der Waals surface area (Å²) in [6.07, 6.45) is 2.75. The van der Waals surface area contributed by atoms with Crippen LogP contribution in [0.15, 0.2) is 18.2 Å². The summed E-state index contributed by atoms with van der Waals surface area (Å²) in [4.78, 5) is 38.7. The van der Waals surface area contributed by atoms with Gasteiger partial charge in [-0.2, -0.15) is 0 Å². The first-order valence-corrected chi connectivity index (χ1v) is 8.81. The summed E-state index contributed by atoms with van der Waals surface area (Å²) in [6, 6.07) is 4.51. The Morgan fingerprint density at radius 3 is 2.96 bits per heavy atom. The molecule has 1 aromatic rings. The van der Waals surface area contributed by atoms with Crippen molar-refractivity contribution in [1.82, 2.24) is 14.8 Å². The van der Waals surface area contributed by atoms with Crippen molar-refractivity contribution in [2.75, 3.05) is 18.4 Å². The molecule has 8 nitrogen and oxygen atoms in total. The van der Waals surface area contributed by atoms with Crippen LogP contribution in [-0.2, 0) is 22.6 Å². The summed E-state index contributed by atoms with van der Waals surface area (Å²) >= 11 is 0. The molecule has 3 amide bonds. The number of rotatable bonds is 4. The Morgan fingerprint density at radius 1 is 1.31 bits per heavy atom. The third-order valence-electron chi connectivity index (χ3n) is 5.43. The molecule has 0 unspecified atom stereocenters. The highest BCUT2D eigenvalue weighted by molar-refractivity contribution is 6.64. The van der Waals surface area contributed by atoms with E-state index < -0.39 is 12.1 Å². The zero-order valence-corrected chi connectivity index (χ0v) is 14.3. The fourth-order valence-corrected chi connectivity index (χ4v) is 4.01. The van der Waals surface area contributed by atoms with Gasteiger partial charge in [-0.25, -0.2) is 9.86 Å². The summed E-state index contributed by atoms with van der Waals surface area (Å²) in [5.74, 6) is -0.223. The summed E-state index contributed by atoms with van der Waals surface area (Å²) in [5, 5.41) is 13.4. The molecule has 0 saturated carbocycles. The van der Waals surface area contributed by atoms with Crippen molar-refractivity contribution in [3.63, 3.8) is 0 Å². The number of hydroxylamine groups is 2. The second-order valence-electron chi connectivity index (χ2n) is 7.00. The Kier molecular flexibility index (Phi) is 4.42. The van der Waals surface area contributed by atoms with Gasteiger partial charge in [0.2, 0.25) is 5.91 Å². The first kappa shape index (κ1) is 17.1. The van der Waals surface area contributed by atoms with E-state index in [1.807, 2.05) is 23.0 Å². The predicted octanol–water partition coefficient (Wildman–Crippen LogP) is 0.450. The van der Waals surface area contributed by atoms with E-state index in [4.69, 9.17) is 0 Å². The molecular formula is C17H20BN4O4. The van der Waals surface area contributed by atoms with E-state index in [2.05, 4.69) is 5.32 Å². The van der Waals surface area contributed by atoms with Crippen LogP contribution in [0.2, 0.25) is 0 Å². The van der Waals surface area contributed by atoms with Gasteiger partial charge in [-0.3, -0.25) is 10.0 Å². The average Bonchev–Trinajstić information content (AvgIpc) is 2.86. The number of carbonyl (C=O) groups is 3. The molecule has 1 radical (unpaired) electrons. The van der Waals surface area contributed by atoms with Gasteiger partial charge in [0, 0.05) is 18.8 Å². The Labute approximate surface area is 152 Å². The minimum Gasteiger partial charge on any atom is -0.336 e. The van der Waals surface area contributed by atoms with Crippen LogP contribution in [0.1, 0.15) is 24.0 Å². The van der Waals surface area contributed by atoms with E-state index in [0.29, 0.717) is 31.6 Å². The molecule has 0 aromatic heterocycles. The SMILES string of the molecule is O=C[B]N1CCc2cc(NC(=O)[C@@H]3CC[C@@H]4CN3C(=O)N4O)ccc2C1. The van der Waals surface area contributed by atoms with Crippen molar-refractivity contribution in [2.24, 2.45) is 0 Å². The van der Waals surface area contributed by atoms with Crippen molar-refractivity contribution in [2.45, 2.75) is 37.9 Å². The van der Waals surface area contributed by atoms with Gasteiger partial charge in [-0.1, -0.05) is 6.07 Å². The number of hydrogen-bond acceptors (Lipinski definition) is 5. The first-order valence-electron chi connectivity index (χ1n) is 8.81. The van der Waals surface area contributed by atoms with Crippen LogP contribution in [0.25, 0.3) is 0 Å². The lowest BCUT2D eigenvalue weighted by Crippen LogP contribution is -2.47. The summed E-state index contributed by atoms with van der Waals surface area (Å²) in [7, 11) is 1.55. The fraction of sp³-hybridized carbons (Fsp3) is 0.471. The quantitative estimate of drug-likeness (QED) is 0.465. The molecule has 4 rings (SSSR count). The lowest BCUT2D eigenvalue weighted by molar-refractivity contribution is -0.120. The average molecular weight is 355 g/mol. The minimum atomic E-state index is -0.551. The Bertz CT molecular complexity index is 758. The Balaban J connectivity index is 1.44. The number of carbonyl (C=O) groups excluding carboxylic acids is 3. The molecule has 2 N–H and O–H groups in total. The maximum absolute atomic E-state index is 12.7. The van der Waals surface area contributed by atoms with E-state index in [9.17, 15) is 19.6 Å². The highest BCUT2D eigenvalue weighted by atomic mass is 16.5. The fourth-order valence-electron chi connectivity index (χ4n) is 4.01. The minimum absolute atomic E-state index is 0.207. The van der Waals surface area contributed by atoms with Crippen LogP contribution >= 0.6 is 0 Å². The molecule has 0 spiro atoms. The molecule has 3 aliphatic rings. The van der Waals surface area contributed by atoms with Crippen LogP contribution in [0, 0.1) is 0 Å². The standard InChI is InChI=1S/C17H20BN4O4/c23-10-18-20-6-5-11-7-13(2-1-12(11)8-20)19-16(24)15-4-3-14-9-21(15)17(25)22(14)26/h1-2,7,10,14-15,26H,3-6,8-9H2,(H,19,24)/t14-,15+/m1/s1. The van der Waals surface area contributed by atoms with Gasteiger partial charge in [0.25, 0.3) is 7.41 Å². The van der Waals surface area contributed by atoms with Gasteiger partial charge in [0.1, 0.15) is 6.04 Å². The predicted molar refractivity (Wildman–Crippen MR) is 94.2 cm³/mol. The molecular weight excluding hydrogens is 335 g/mol. The maximum atomic E-state index is 12.7. The monoisotopic (exact) mass is 355 g/mol. The lowest BCUT2D eigenvalue weighted by Gasteiger charge is -2.30. The number of nitrogens with zero attached hydrogens (tertiary/aromatic N) is 3. The van der Waals surface area contributed by atoms with Crippen LogP contribution in [0.5, 0.6) is 0 Å². The van der Waals surface area contributed by atoms with Gasteiger partial charge in [-0.15, -0.1) is 0 Å². The topological polar surface area (TPSA) is 93.2 Å². The van der Waals surface area contributed by atoms with Gasteiger partial charge in [0.15, 0.2) is 0 Å². The Morgan fingerprint density at radius 2 is 2.15 bits per heavy atom. The van der Waals surface area contributed by atoms with Gasteiger partial charge < -0.3 is 19.8 Å². The first-order chi connectivity index (χ1) is 12.6. The molecule has 2 atom stereocenters. The molecule has 135 valence electrons. The smallest absolute Gasteiger partial charge is 0.336 e. The lowest BCUT2D eigenvalue weighted by atomic mass is 9.88. The molecule has 26 heavy (non-hydrogen) atoms. The third-order valence-corrected chi connectivity index (χ3v) is 5.43. The second-order valence-corrected chi connectivity index (χ2v) is 7.00. The molecule has 2 fully saturated rings. The van der Waals surface area contributed by atoms with Crippen molar-refractivity contribution >= 4 is 31.2 Å². The number of fused-ring (bicyclic) bond motifs is 3. The molecule has 0 aliphatic carbocycles. The molecule has 1 aromatic carbocycles. The number of nitrogens with one attached hydrogen (secondary N) is 1. The van der Waals surface area contributed by atoms with E-state index in [0.717, 1.165) is 35.3 Å². The summed E-state index contributed by atoms with van der Waals surface area (Å²) in [6.45, 7) is 1.84. The second kappa shape index (κ2) is 6.73. The van der Waals surface area contributed by atoms with E-state index in [1.54, 1.807) is 7.41 Å². The van der Waals surface area contributed by atoms with Crippen LogP contribution in [0.4, 0.5) is 10.5 Å². The van der Waals surface area contributed by atoms with Crippen molar-refractivity contribution in [3.8, 4) is 0 Å². The highest BCUT2D eigenvalue weighted by Gasteiger charge is 2.46. The number of urea groups is 1. The van der Waals surface area contributed by atoms with Crippen molar-refractivity contribution < 1.29 is 19.6 Å². The van der Waals surface area contributed by atoms with E-state index in [1.165, 1.54) is 4.90 Å².